The summed E-state index contributed by atoms with van der Waals surface area (Å²) in [5, 5.41) is 21.1. The number of hydrogen-bond donors (Lipinski definition) is 0. The van der Waals surface area contributed by atoms with Crippen LogP contribution in [-0.2, 0) is 18.8 Å². The van der Waals surface area contributed by atoms with Gasteiger partial charge in [0, 0.05) is 6.54 Å². The standard InChI is InChI=1S/C19H16N6OS2/c1-2-24-17(15-8-5-11-27-15)22-23-19(24)28-12-16-21-14-7-4-3-6-13(14)18(26)25(16)10-9-20/h3-8,11H,2,10,12H2,1H3. The molecule has 3 aromatic heterocycles. The molecule has 9 heteroatoms. The summed E-state index contributed by atoms with van der Waals surface area (Å²) in [6.07, 6.45) is 0. The van der Waals surface area contributed by atoms with E-state index in [1.807, 2.05) is 41.1 Å². The van der Waals surface area contributed by atoms with Gasteiger partial charge in [0.05, 0.1) is 27.6 Å². The molecule has 3 heterocycles. The monoisotopic (exact) mass is 408 g/mol. The van der Waals surface area contributed by atoms with Gasteiger partial charge in [0.2, 0.25) is 0 Å². The van der Waals surface area contributed by atoms with Crippen molar-refractivity contribution in [2.45, 2.75) is 30.9 Å². The van der Waals surface area contributed by atoms with Crippen LogP contribution >= 0.6 is 23.1 Å². The number of thiophene rings is 1. The molecule has 0 fully saturated rings. The lowest BCUT2D eigenvalue weighted by Crippen LogP contribution is -2.24. The minimum absolute atomic E-state index is 0.0343. The SMILES string of the molecule is CCn1c(SCc2nc3ccccc3c(=O)n2CC#N)nnc1-c1cccs1. The van der Waals surface area contributed by atoms with Crippen molar-refractivity contribution in [3.05, 3.63) is 58.0 Å². The van der Waals surface area contributed by atoms with Gasteiger partial charge >= 0.3 is 0 Å². The van der Waals surface area contributed by atoms with Crippen molar-refractivity contribution in [3.63, 3.8) is 0 Å². The summed E-state index contributed by atoms with van der Waals surface area (Å²) in [5.74, 6) is 1.81. The molecule has 0 radical (unpaired) electrons. The van der Waals surface area contributed by atoms with Gasteiger partial charge in [0.15, 0.2) is 11.0 Å². The van der Waals surface area contributed by atoms with Gasteiger partial charge in [0.1, 0.15) is 12.4 Å². The second kappa shape index (κ2) is 7.96. The highest BCUT2D eigenvalue weighted by Gasteiger charge is 2.16. The average molecular weight is 409 g/mol. The lowest BCUT2D eigenvalue weighted by atomic mass is 10.2. The Labute approximate surface area is 169 Å². The molecular weight excluding hydrogens is 392 g/mol. The van der Waals surface area contributed by atoms with E-state index in [1.165, 1.54) is 16.3 Å². The molecule has 0 spiro atoms. The van der Waals surface area contributed by atoms with Gasteiger partial charge in [0.25, 0.3) is 5.56 Å². The maximum Gasteiger partial charge on any atom is 0.262 e. The van der Waals surface area contributed by atoms with Gasteiger partial charge in [-0.3, -0.25) is 9.36 Å². The Hall–Kier alpha value is -2.96. The van der Waals surface area contributed by atoms with Crippen LogP contribution in [0.3, 0.4) is 0 Å². The highest BCUT2D eigenvalue weighted by atomic mass is 32.2. The van der Waals surface area contributed by atoms with Gasteiger partial charge in [-0.05, 0) is 30.5 Å². The zero-order valence-electron chi connectivity index (χ0n) is 15.1. The van der Waals surface area contributed by atoms with Crippen molar-refractivity contribution < 1.29 is 0 Å². The van der Waals surface area contributed by atoms with Crippen LogP contribution < -0.4 is 5.56 Å². The van der Waals surface area contributed by atoms with E-state index in [0.29, 0.717) is 22.5 Å². The van der Waals surface area contributed by atoms with Crippen LogP contribution in [0.15, 0.2) is 51.7 Å². The lowest BCUT2D eigenvalue weighted by Gasteiger charge is -2.11. The fourth-order valence-electron chi connectivity index (χ4n) is 2.96. The molecule has 0 bridgehead atoms. The lowest BCUT2D eigenvalue weighted by molar-refractivity contribution is 0.685. The van der Waals surface area contributed by atoms with Crippen LogP contribution in [0.2, 0.25) is 0 Å². The summed E-state index contributed by atoms with van der Waals surface area (Å²) >= 11 is 3.08. The molecule has 1 aromatic carbocycles. The van der Waals surface area contributed by atoms with Crippen molar-refractivity contribution in [3.8, 4) is 16.8 Å². The summed E-state index contributed by atoms with van der Waals surface area (Å²) in [6, 6.07) is 13.3. The fraction of sp³-hybridized carbons (Fsp3) is 0.211. The number of hydrogen-bond acceptors (Lipinski definition) is 7. The molecule has 0 atom stereocenters. The highest BCUT2D eigenvalue weighted by molar-refractivity contribution is 7.98. The molecule has 140 valence electrons. The molecule has 28 heavy (non-hydrogen) atoms. The van der Waals surface area contributed by atoms with E-state index >= 15 is 0 Å². The second-order valence-corrected chi connectivity index (χ2v) is 7.80. The largest absolute Gasteiger partial charge is 0.302 e. The number of fused-ring (bicyclic) bond motifs is 1. The van der Waals surface area contributed by atoms with Crippen LogP contribution in [0.25, 0.3) is 21.6 Å². The van der Waals surface area contributed by atoms with E-state index < -0.39 is 0 Å². The third-order valence-corrected chi connectivity index (χ3v) is 6.10. The molecule has 0 aliphatic carbocycles. The van der Waals surface area contributed by atoms with Gasteiger partial charge < -0.3 is 4.57 Å². The van der Waals surface area contributed by atoms with Gasteiger partial charge in [-0.15, -0.1) is 21.5 Å². The number of thioether (sulfide) groups is 1. The molecule has 4 aromatic rings. The quantitative estimate of drug-likeness (QED) is 0.453. The molecule has 4 rings (SSSR count). The highest BCUT2D eigenvalue weighted by Crippen LogP contribution is 2.28. The normalized spacial score (nSPS) is 11.0. The van der Waals surface area contributed by atoms with E-state index in [2.05, 4.69) is 21.3 Å². The predicted octanol–water partition coefficient (Wildman–Crippen LogP) is 3.55. The fourth-order valence-corrected chi connectivity index (χ4v) is 4.62. The second-order valence-electron chi connectivity index (χ2n) is 5.91. The summed E-state index contributed by atoms with van der Waals surface area (Å²) in [7, 11) is 0. The molecule has 0 N–H and O–H groups in total. The van der Waals surface area contributed by atoms with Crippen molar-refractivity contribution in [1.29, 1.82) is 5.26 Å². The van der Waals surface area contributed by atoms with Crippen molar-refractivity contribution in [1.82, 2.24) is 24.3 Å². The zero-order chi connectivity index (χ0) is 19.5. The predicted molar refractivity (Wildman–Crippen MR) is 110 cm³/mol. The first-order chi connectivity index (χ1) is 13.7. The Morgan fingerprint density at radius 1 is 1.18 bits per heavy atom. The van der Waals surface area contributed by atoms with E-state index in [-0.39, 0.29) is 12.1 Å². The number of para-hydroxylation sites is 1. The van der Waals surface area contributed by atoms with Crippen LogP contribution in [0.4, 0.5) is 0 Å². The third kappa shape index (κ3) is 3.32. The topological polar surface area (TPSA) is 89.4 Å². The smallest absolute Gasteiger partial charge is 0.262 e. The molecule has 0 unspecified atom stereocenters. The van der Waals surface area contributed by atoms with E-state index in [0.717, 1.165) is 22.4 Å². The number of benzene rings is 1. The maximum atomic E-state index is 12.8. The maximum absolute atomic E-state index is 12.8. The Bertz CT molecular complexity index is 1220. The molecule has 0 saturated heterocycles. The Balaban J connectivity index is 1.69. The summed E-state index contributed by atoms with van der Waals surface area (Å²) in [6.45, 7) is 2.75. The molecular formula is C19H16N6OS2. The Morgan fingerprint density at radius 2 is 2.04 bits per heavy atom. The first kappa shape index (κ1) is 18.4. The molecule has 7 nitrogen and oxygen atoms in total. The number of rotatable bonds is 6. The average Bonchev–Trinajstić information content (AvgIpc) is 3.38. The van der Waals surface area contributed by atoms with E-state index in [1.54, 1.807) is 23.5 Å². The minimum Gasteiger partial charge on any atom is -0.302 e. The first-order valence-corrected chi connectivity index (χ1v) is 10.5. The van der Waals surface area contributed by atoms with Crippen LogP contribution in [-0.4, -0.2) is 24.3 Å². The molecule has 0 amide bonds. The molecule has 0 aliphatic rings. The van der Waals surface area contributed by atoms with Gasteiger partial charge in [-0.25, -0.2) is 4.98 Å². The first-order valence-electron chi connectivity index (χ1n) is 8.68. The number of nitrogens with zero attached hydrogens (tertiary/aromatic N) is 6. The summed E-state index contributed by atoms with van der Waals surface area (Å²) in [4.78, 5) is 18.4. The van der Waals surface area contributed by atoms with Crippen LogP contribution in [0.5, 0.6) is 0 Å². The summed E-state index contributed by atoms with van der Waals surface area (Å²) in [5.41, 5.74) is 0.438. The number of nitriles is 1. The van der Waals surface area contributed by atoms with E-state index in [4.69, 9.17) is 5.26 Å². The minimum atomic E-state index is -0.195. The van der Waals surface area contributed by atoms with Gasteiger partial charge in [-0.1, -0.05) is 30.0 Å². The van der Waals surface area contributed by atoms with Crippen molar-refractivity contribution >= 4 is 34.0 Å². The molecule has 0 saturated carbocycles. The third-order valence-electron chi connectivity index (χ3n) is 4.27. The Morgan fingerprint density at radius 3 is 2.79 bits per heavy atom. The Kier molecular flexibility index (Phi) is 5.23. The van der Waals surface area contributed by atoms with Crippen molar-refractivity contribution in [2.75, 3.05) is 0 Å². The van der Waals surface area contributed by atoms with Crippen LogP contribution in [0.1, 0.15) is 12.7 Å². The zero-order valence-corrected chi connectivity index (χ0v) is 16.7. The molecule has 0 aliphatic heterocycles. The van der Waals surface area contributed by atoms with E-state index in [9.17, 15) is 4.79 Å². The van der Waals surface area contributed by atoms with Gasteiger partial charge in [-0.2, -0.15) is 5.26 Å². The van der Waals surface area contributed by atoms with Crippen LogP contribution in [0, 0.1) is 11.3 Å². The van der Waals surface area contributed by atoms with Crippen molar-refractivity contribution in [2.24, 2.45) is 0 Å². The summed E-state index contributed by atoms with van der Waals surface area (Å²) < 4.78 is 3.48. The number of aromatic nitrogens is 5.